The Labute approximate surface area is 135 Å². The van der Waals surface area contributed by atoms with Crippen molar-refractivity contribution in [2.45, 2.75) is 20.3 Å². The zero-order chi connectivity index (χ0) is 16.7. The standard InChI is InChI=1S/C18H20N2O3/c1-3-23-16-10-5-4-9-15(16)20-18(22)12-17(21)19-14-8-6-7-13(2)11-14/h4-11H,3,12H2,1-2H3,(H,19,21)(H,20,22). The predicted octanol–water partition coefficient (Wildman–Crippen LogP) is 3.36. The monoisotopic (exact) mass is 312 g/mol. The first-order valence-corrected chi connectivity index (χ1v) is 7.46. The molecule has 0 aliphatic heterocycles. The van der Waals surface area contributed by atoms with Crippen molar-refractivity contribution in [3.63, 3.8) is 0 Å². The summed E-state index contributed by atoms with van der Waals surface area (Å²) in [6.45, 7) is 4.31. The van der Waals surface area contributed by atoms with Gasteiger partial charge in [0.15, 0.2) is 0 Å². The number of benzene rings is 2. The number of carbonyl (C=O) groups is 2. The number of anilines is 2. The van der Waals surface area contributed by atoms with Crippen LogP contribution in [0.15, 0.2) is 48.5 Å². The maximum absolute atomic E-state index is 12.0. The summed E-state index contributed by atoms with van der Waals surface area (Å²) in [6.07, 6.45) is -0.256. The summed E-state index contributed by atoms with van der Waals surface area (Å²) in [6, 6.07) is 14.5. The summed E-state index contributed by atoms with van der Waals surface area (Å²) in [4.78, 5) is 23.9. The van der Waals surface area contributed by atoms with Gasteiger partial charge in [0.2, 0.25) is 11.8 Å². The van der Waals surface area contributed by atoms with Crippen LogP contribution in [0, 0.1) is 6.92 Å². The Balaban J connectivity index is 1.93. The first-order chi connectivity index (χ1) is 11.1. The van der Waals surface area contributed by atoms with E-state index in [9.17, 15) is 9.59 Å². The number of amides is 2. The van der Waals surface area contributed by atoms with E-state index in [4.69, 9.17) is 4.74 Å². The molecule has 2 rings (SSSR count). The van der Waals surface area contributed by atoms with Crippen molar-refractivity contribution in [1.82, 2.24) is 0 Å². The van der Waals surface area contributed by atoms with Crippen LogP contribution in [-0.2, 0) is 9.59 Å². The van der Waals surface area contributed by atoms with Gasteiger partial charge in [-0.25, -0.2) is 0 Å². The summed E-state index contributed by atoms with van der Waals surface area (Å²) < 4.78 is 5.44. The molecular formula is C18H20N2O3. The van der Waals surface area contributed by atoms with E-state index >= 15 is 0 Å². The van der Waals surface area contributed by atoms with Crippen LogP contribution in [0.5, 0.6) is 5.75 Å². The van der Waals surface area contributed by atoms with E-state index in [2.05, 4.69) is 10.6 Å². The van der Waals surface area contributed by atoms with Crippen LogP contribution in [0.1, 0.15) is 18.9 Å². The number of rotatable bonds is 6. The summed E-state index contributed by atoms with van der Waals surface area (Å²) in [5, 5.41) is 5.41. The van der Waals surface area contributed by atoms with Gasteiger partial charge in [-0.2, -0.15) is 0 Å². The number of aryl methyl sites for hydroxylation is 1. The Hall–Kier alpha value is -2.82. The lowest BCUT2D eigenvalue weighted by atomic mass is 10.2. The molecule has 0 aliphatic carbocycles. The second-order valence-electron chi connectivity index (χ2n) is 5.07. The van der Waals surface area contributed by atoms with Crippen molar-refractivity contribution in [1.29, 1.82) is 0 Å². The zero-order valence-corrected chi connectivity index (χ0v) is 13.3. The molecular weight excluding hydrogens is 292 g/mol. The van der Waals surface area contributed by atoms with Crippen molar-refractivity contribution in [2.75, 3.05) is 17.2 Å². The molecule has 2 N–H and O–H groups in total. The van der Waals surface area contributed by atoms with E-state index in [1.54, 1.807) is 24.3 Å². The number of carbonyl (C=O) groups excluding carboxylic acids is 2. The molecule has 0 spiro atoms. The molecule has 0 bridgehead atoms. The average molecular weight is 312 g/mol. The van der Waals surface area contributed by atoms with E-state index in [0.717, 1.165) is 5.56 Å². The van der Waals surface area contributed by atoms with E-state index in [1.165, 1.54) is 0 Å². The Morgan fingerprint density at radius 1 is 1.00 bits per heavy atom. The molecule has 23 heavy (non-hydrogen) atoms. The fourth-order valence-corrected chi connectivity index (χ4v) is 2.12. The van der Waals surface area contributed by atoms with Gasteiger partial charge < -0.3 is 15.4 Å². The molecule has 0 saturated carbocycles. The Bertz CT molecular complexity index is 698. The highest BCUT2D eigenvalue weighted by molar-refractivity contribution is 6.08. The number of hydrogen-bond donors (Lipinski definition) is 2. The molecule has 0 unspecified atom stereocenters. The number of para-hydroxylation sites is 2. The molecule has 0 radical (unpaired) electrons. The van der Waals surface area contributed by atoms with Crippen molar-refractivity contribution >= 4 is 23.2 Å². The quantitative estimate of drug-likeness (QED) is 0.804. The molecule has 0 aromatic heterocycles. The van der Waals surface area contributed by atoms with Crippen LogP contribution in [0.4, 0.5) is 11.4 Å². The molecule has 120 valence electrons. The van der Waals surface area contributed by atoms with Crippen LogP contribution < -0.4 is 15.4 Å². The molecule has 2 aromatic carbocycles. The third-order valence-corrected chi connectivity index (χ3v) is 3.08. The Morgan fingerprint density at radius 3 is 2.48 bits per heavy atom. The normalized spacial score (nSPS) is 10.0. The topological polar surface area (TPSA) is 67.4 Å². The maximum Gasteiger partial charge on any atom is 0.233 e. The molecule has 2 aromatic rings. The van der Waals surface area contributed by atoms with Crippen LogP contribution in [0.3, 0.4) is 0 Å². The lowest BCUT2D eigenvalue weighted by Gasteiger charge is -2.11. The third-order valence-electron chi connectivity index (χ3n) is 3.08. The molecule has 0 aliphatic rings. The predicted molar refractivity (Wildman–Crippen MR) is 90.7 cm³/mol. The minimum absolute atomic E-state index is 0.256. The van der Waals surface area contributed by atoms with Crippen LogP contribution in [0.2, 0.25) is 0 Å². The molecule has 5 nitrogen and oxygen atoms in total. The fourth-order valence-electron chi connectivity index (χ4n) is 2.12. The largest absolute Gasteiger partial charge is 0.492 e. The van der Waals surface area contributed by atoms with Gasteiger partial charge in [-0.3, -0.25) is 9.59 Å². The summed E-state index contributed by atoms with van der Waals surface area (Å²) >= 11 is 0. The second-order valence-corrected chi connectivity index (χ2v) is 5.07. The molecule has 0 heterocycles. The first-order valence-electron chi connectivity index (χ1n) is 7.46. The van der Waals surface area contributed by atoms with Gasteiger partial charge in [0, 0.05) is 5.69 Å². The lowest BCUT2D eigenvalue weighted by molar-refractivity contribution is -0.123. The van der Waals surface area contributed by atoms with Crippen molar-refractivity contribution in [3.05, 3.63) is 54.1 Å². The van der Waals surface area contributed by atoms with Gasteiger partial charge in [0.25, 0.3) is 0 Å². The SMILES string of the molecule is CCOc1ccccc1NC(=O)CC(=O)Nc1cccc(C)c1. The number of nitrogens with one attached hydrogen (secondary N) is 2. The number of hydrogen-bond acceptors (Lipinski definition) is 3. The van der Waals surface area contributed by atoms with Gasteiger partial charge in [0.05, 0.1) is 12.3 Å². The first kappa shape index (κ1) is 16.5. The molecule has 0 saturated heterocycles. The van der Waals surface area contributed by atoms with Gasteiger partial charge in [0.1, 0.15) is 12.2 Å². The lowest BCUT2D eigenvalue weighted by Crippen LogP contribution is -2.21. The maximum atomic E-state index is 12.0. The molecule has 2 amide bonds. The third kappa shape index (κ3) is 5.14. The van der Waals surface area contributed by atoms with Gasteiger partial charge in [-0.1, -0.05) is 24.3 Å². The van der Waals surface area contributed by atoms with Gasteiger partial charge in [-0.15, -0.1) is 0 Å². The fraction of sp³-hybridized carbons (Fsp3) is 0.222. The van der Waals surface area contributed by atoms with E-state index in [1.807, 2.05) is 38.1 Å². The Morgan fingerprint density at radius 2 is 1.74 bits per heavy atom. The van der Waals surface area contributed by atoms with Gasteiger partial charge >= 0.3 is 0 Å². The highest BCUT2D eigenvalue weighted by Crippen LogP contribution is 2.23. The minimum atomic E-state index is -0.387. The van der Waals surface area contributed by atoms with Gasteiger partial charge in [-0.05, 0) is 43.7 Å². The summed E-state index contributed by atoms with van der Waals surface area (Å²) in [7, 11) is 0. The van der Waals surface area contributed by atoms with E-state index < -0.39 is 0 Å². The summed E-state index contributed by atoms with van der Waals surface area (Å²) in [5.41, 5.74) is 2.28. The highest BCUT2D eigenvalue weighted by atomic mass is 16.5. The second kappa shape index (κ2) is 7.98. The van der Waals surface area contributed by atoms with Crippen molar-refractivity contribution in [2.24, 2.45) is 0 Å². The van der Waals surface area contributed by atoms with E-state index in [-0.39, 0.29) is 18.2 Å². The van der Waals surface area contributed by atoms with Crippen LogP contribution in [-0.4, -0.2) is 18.4 Å². The number of ether oxygens (including phenoxy) is 1. The summed E-state index contributed by atoms with van der Waals surface area (Å²) in [5.74, 6) is -0.160. The van der Waals surface area contributed by atoms with E-state index in [0.29, 0.717) is 23.7 Å². The smallest absolute Gasteiger partial charge is 0.233 e. The molecule has 0 fully saturated rings. The van der Waals surface area contributed by atoms with Crippen LogP contribution in [0.25, 0.3) is 0 Å². The average Bonchev–Trinajstić information content (AvgIpc) is 2.49. The highest BCUT2D eigenvalue weighted by Gasteiger charge is 2.12. The molecule has 5 heteroatoms. The van der Waals surface area contributed by atoms with Crippen molar-refractivity contribution < 1.29 is 14.3 Å². The van der Waals surface area contributed by atoms with Crippen molar-refractivity contribution in [3.8, 4) is 5.75 Å². The zero-order valence-electron chi connectivity index (χ0n) is 13.3. The Kier molecular flexibility index (Phi) is 5.74. The molecule has 0 atom stereocenters. The van der Waals surface area contributed by atoms with Crippen LogP contribution >= 0.6 is 0 Å². The minimum Gasteiger partial charge on any atom is -0.492 e.